The number of benzene rings is 3. The van der Waals surface area contributed by atoms with Gasteiger partial charge in [-0.15, -0.1) is 0 Å². The minimum Gasteiger partial charge on any atom is -0.493 e. The number of pyridine rings is 1. The molecule has 4 aromatic rings. The van der Waals surface area contributed by atoms with Crippen LogP contribution in [0, 0.1) is 11.7 Å². The summed E-state index contributed by atoms with van der Waals surface area (Å²) >= 11 is 0. The van der Waals surface area contributed by atoms with Gasteiger partial charge in [0.15, 0.2) is 0 Å². The van der Waals surface area contributed by atoms with Crippen LogP contribution in [0.5, 0.6) is 5.75 Å². The summed E-state index contributed by atoms with van der Waals surface area (Å²) in [6.45, 7) is 0.488. The van der Waals surface area contributed by atoms with Crippen molar-refractivity contribution in [1.29, 1.82) is 0 Å². The van der Waals surface area contributed by atoms with Crippen molar-refractivity contribution in [2.75, 3.05) is 6.61 Å². The average Bonchev–Trinajstić information content (AvgIpc) is 2.76. The molecule has 4 heteroatoms. The second kappa shape index (κ2) is 7.30. The highest BCUT2D eigenvalue weighted by molar-refractivity contribution is 5.81. The molecular formula is C25H20FNO2. The third-order valence-electron chi connectivity index (χ3n) is 5.52. The molecule has 0 aliphatic carbocycles. The third kappa shape index (κ3) is 3.47. The number of rotatable bonds is 3. The molecule has 0 saturated carbocycles. The zero-order valence-electron chi connectivity index (χ0n) is 15.8. The summed E-state index contributed by atoms with van der Waals surface area (Å²) in [6, 6.07) is 24.3. The molecule has 1 aliphatic heterocycles. The lowest BCUT2D eigenvalue weighted by Crippen LogP contribution is -2.27. The Kier molecular flexibility index (Phi) is 4.49. The average molecular weight is 385 g/mol. The molecule has 3 nitrogen and oxygen atoms in total. The van der Waals surface area contributed by atoms with Crippen LogP contribution in [0.15, 0.2) is 78.9 Å². The SMILES string of the molecule is OC1c2cc(-c3ccc4cc(F)ccc4n3)ccc2OCC1Cc1ccccc1. The maximum absolute atomic E-state index is 13.4. The normalized spacial score (nSPS) is 18.3. The lowest BCUT2D eigenvalue weighted by molar-refractivity contribution is 0.0508. The monoisotopic (exact) mass is 385 g/mol. The van der Waals surface area contributed by atoms with Gasteiger partial charge in [0, 0.05) is 22.4 Å². The van der Waals surface area contributed by atoms with Crippen molar-refractivity contribution in [3.63, 3.8) is 0 Å². The van der Waals surface area contributed by atoms with Gasteiger partial charge in [0.25, 0.3) is 0 Å². The lowest BCUT2D eigenvalue weighted by atomic mass is 9.87. The first kappa shape index (κ1) is 17.8. The van der Waals surface area contributed by atoms with Crippen molar-refractivity contribution in [2.45, 2.75) is 12.5 Å². The summed E-state index contributed by atoms with van der Waals surface area (Å²) in [5, 5.41) is 11.8. The molecule has 0 spiro atoms. The van der Waals surface area contributed by atoms with Crippen LogP contribution >= 0.6 is 0 Å². The maximum Gasteiger partial charge on any atom is 0.125 e. The van der Waals surface area contributed by atoms with E-state index in [0.29, 0.717) is 12.4 Å². The Morgan fingerprint density at radius 1 is 0.966 bits per heavy atom. The summed E-state index contributed by atoms with van der Waals surface area (Å²) in [6.07, 6.45) is 0.152. The molecule has 0 amide bonds. The van der Waals surface area contributed by atoms with E-state index in [1.54, 1.807) is 6.07 Å². The second-order valence-corrected chi connectivity index (χ2v) is 7.49. The summed E-state index contributed by atoms with van der Waals surface area (Å²) in [4.78, 5) is 4.66. The molecule has 0 fully saturated rings. The number of hydrogen-bond acceptors (Lipinski definition) is 3. The van der Waals surface area contributed by atoms with Gasteiger partial charge < -0.3 is 9.84 Å². The highest BCUT2D eigenvalue weighted by Gasteiger charge is 2.30. The van der Waals surface area contributed by atoms with Crippen LogP contribution in [0.25, 0.3) is 22.2 Å². The summed E-state index contributed by atoms with van der Waals surface area (Å²) in [5.41, 5.74) is 4.39. The van der Waals surface area contributed by atoms with Crippen molar-refractivity contribution in [1.82, 2.24) is 4.98 Å². The van der Waals surface area contributed by atoms with Gasteiger partial charge in [-0.25, -0.2) is 9.37 Å². The molecule has 1 N–H and O–H groups in total. The molecule has 0 radical (unpaired) electrons. The number of fused-ring (bicyclic) bond motifs is 2. The van der Waals surface area contributed by atoms with E-state index in [4.69, 9.17) is 4.74 Å². The summed E-state index contributed by atoms with van der Waals surface area (Å²) in [7, 11) is 0. The predicted octanol–water partition coefficient (Wildman–Crippen LogP) is 5.33. The standard InChI is InChI=1S/C25H20FNO2/c26-20-8-10-23-17(13-20)6-9-22(27-23)18-7-11-24-21(14-18)25(28)19(15-29-24)12-16-4-2-1-3-5-16/h1-11,13-14,19,25,28H,12,15H2. The quantitative estimate of drug-likeness (QED) is 0.519. The molecule has 0 saturated heterocycles. The van der Waals surface area contributed by atoms with Gasteiger partial charge >= 0.3 is 0 Å². The van der Waals surface area contributed by atoms with Gasteiger partial charge in [0.2, 0.25) is 0 Å². The largest absolute Gasteiger partial charge is 0.493 e. The van der Waals surface area contributed by atoms with E-state index >= 15 is 0 Å². The van der Waals surface area contributed by atoms with Crippen molar-refractivity contribution >= 4 is 10.9 Å². The topological polar surface area (TPSA) is 42.4 Å². The van der Waals surface area contributed by atoms with Crippen LogP contribution in [-0.2, 0) is 6.42 Å². The van der Waals surface area contributed by atoms with E-state index in [2.05, 4.69) is 17.1 Å². The summed E-state index contributed by atoms with van der Waals surface area (Å²) < 4.78 is 19.3. The number of aromatic nitrogens is 1. The van der Waals surface area contributed by atoms with Gasteiger partial charge in [0.05, 0.1) is 23.9 Å². The van der Waals surface area contributed by atoms with E-state index in [-0.39, 0.29) is 11.7 Å². The van der Waals surface area contributed by atoms with Crippen LogP contribution in [0.2, 0.25) is 0 Å². The van der Waals surface area contributed by atoms with E-state index < -0.39 is 6.10 Å². The Morgan fingerprint density at radius 2 is 1.83 bits per heavy atom. The van der Waals surface area contributed by atoms with Gasteiger partial charge in [-0.05, 0) is 54.4 Å². The molecule has 2 heterocycles. The summed E-state index contributed by atoms with van der Waals surface area (Å²) in [5.74, 6) is 0.437. The Hall–Kier alpha value is -3.24. The molecule has 5 rings (SSSR count). The zero-order valence-corrected chi connectivity index (χ0v) is 15.8. The smallest absolute Gasteiger partial charge is 0.125 e. The molecule has 29 heavy (non-hydrogen) atoms. The Balaban J connectivity index is 1.47. The fourth-order valence-corrected chi connectivity index (χ4v) is 3.96. The lowest BCUT2D eigenvalue weighted by Gasteiger charge is -2.30. The molecule has 144 valence electrons. The van der Waals surface area contributed by atoms with Crippen LogP contribution in [0.4, 0.5) is 4.39 Å². The highest BCUT2D eigenvalue weighted by atomic mass is 19.1. The number of aliphatic hydroxyl groups is 1. The molecule has 3 aromatic carbocycles. The molecule has 1 aromatic heterocycles. The third-order valence-corrected chi connectivity index (χ3v) is 5.52. The van der Waals surface area contributed by atoms with E-state index in [0.717, 1.165) is 34.1 Å². The Labute approximate surface area is 168 Å². The fourth-order valence-electron chi connectivity index (χ4n) is 3.96. The first-order valence-corrected chi connectivity index (χ1v) is 9.73. The minimum atomic E-state index is -0.603. The fraction of sp³-hybridized carbons (Fsp3) is 0.160. The van der Waals surface area contributed by atoms with Crippen molar-refractivity contribution in [2.24, 2.45) is 5.92 Å². The van der Waals surface area contributed by atoms with E-state index in [1.165, 1.54) is 17.7 Å². The van der Waals surface area contributed by atoms with Gasteiger partial charge in [-0.2, -0.15) is 0 Å². The maximum atomic E-state index is 13.4. The van der Waals surface area contributed by atoms with Crippen molar-refractivity contribution in [3.05, 3.63) is 95.8 Å². The number of ether oxygens (including phenoxy) is 1. The highest BCUT2D eigenvalue weighted by Crippen LogP contribution is 2.39. The molecule has 0 bridgehead atoms. The van der Waals surface area contributed by atoms with Gasteiger partial charge in [0.1, 0.15) is 11.6 Å². The van der Waals surface area contributed by atoms with Crippen LogP contribution in [0.3, 0.4) is 0 Å². The minimum absolute atomic E-state index is 0.00677. The van der Waals surface area contributed by atoms with Crippen LogP contribution in [0.1, 0.15) is 17.2 Å². The Morgan fingerprint density at radius 3 is 2.69 bits per heavy atom. The number of hydrogen-bond donors (Lipinski definition) is 1. The second-order valence-electron chi connectivity index (χ2n) is 7.49. The zero-order chi connectivity index (χ0) is 19.8. The number of halogens is 1. The first-order chi connectivity index (χ1) is 14.2. The van der Waals surface area contributed by atoms with E-state index in [9.17, 15) is 9.50 Å². The van der Waals surface area contributed by atoms with Crippen molar-refractivity contribution < 1.29 is 14.2 Å². The molecular weight excluding hydrogens is 365 g/mol. The van der Waals surface area contributed by atoms with Gasteiger partial charge in [-0.3, -0.25) is 0 Å². The van der Waals surface area contributed by atoms with Gasteiger partial charge in [-0.1, -0.05) is 36.4 Å². The number of nitrogens with zero attached hydrogens (tertiary/aromatic N) is 1. The number of aliphatic hydroxyl groups excluding tert-OH is 1. The molecule has 1 aliphatic rings. The molecule has 2 unspecified atom stereocenters. The van der Waals surface area contributed by atoms with Crippen molar-refractivity contribution in [3.8, 4) is 17.0 Å². The molecule has 2 atom stereocenters. The van der Waals surface area contributed by atoms with Crippen LogP contribution in [-0.4, -0.2) is 16.7 Å². The first-order valence-electron chi connectivity index (χ1n) is 9.73. The van der Waals surface area contributed by atoms with Crippen LogP contribution < -0.4 is 4.74 Å². The Bertz CT molecular complexity index is 1180. The van der Waals surface area contributed by atoms with E-state index in [1.807, 2.05) is 48.5 Å². The predicted molar refractivity (Wildman–Crippen MR) is 111 cm³/mol.